The molecule has 0 aromatic rings. The monoisotopic (exact) mass is 820 g/mol. The van der Waals surface area contributed by atoms with Crippen molar-refractivity contribution in [3.05, 3.63) is 72.9 Å². The van der Waals surface area contributed by atoms with Crippen LogP contribution in [0.3, 0.4) is 0 Å². The summed E-state index contributed by atoms with van der Waals surface area (Å²) < 4.78 is 33.7. The maximum absolute atomic E-state index is 12.7. The van der Waals surface area contributed by atoms with Crippen molar-refractivity contribution in [1.29, 1.82) is 0 Å². The highest BCUT2D eigenvalue weighted by Crippen LogP contribution is 2.38. The number of unbranched alkanes of at least 4 members (excludes halogenated alkanes) is 11. The van der Waals surface area contributed by atoms with Gasteiger partial charge in [0.1, 0.15) is 19.8 Å². The van der Waals surface area contributed by atoms with Crippen molar-refractivity contribution in [1.82, 2.24) is 0 Å². The zero-order chi connectivity index (χ0) is 42.3. The van der Waals surface area contributed by atoms with Crippen molar-refractivity contribution in [2.75, 3.05) is 47.5 Å². The smallest absolute Gasteiger partial charge is 0.306 e. The summed E-state index contributed by atoms with van der Waals surface area (Å²) in [6.07, 6.45) is 42.0. The Hall–Kier alpha value is -2.88. The van der Waals surface area contributed by atoms with E-state index in [4.69, 9.17) is 18.5 Å². The van der Waals surface area contributed by atoms with Gasteiger partial charge < -0.3 is 27.9 Å². The maximum atomic E-state index is 12.7. The van der Waals surface area contributed by atoms with E-state index in [1.807, 2.05) is 39.4 Å². The molecule has 0 fully saturated rings. The molecule has 10 nitrogen and oxygen atoms in total. The van der Waals surface area contributed by atoms with E-state index in [2.05, 4.69) is 62.5 Å². The van der Waals surface area contributed by atoms with Crippen molar-refractivity contribution >= 4 is 25.5 Å². The molecule has 0 aromatic carbocycles. The number of ketones is 1. The van der Waals surface area contributed by atoms with E-state index in [-0.39, 0.29) is 31.8 Å². The molecule has 0 aliphatic heterocycles. The average Bonchev–Trinajstić information content (AvgIpc) is 3.15. The van der Waals surface area contributed by atoms with Gasteiger partial charge in [-0.2, -0.15) is 0 Å². The van der Waals surface area contributed by atoms with Crippen LogP contribution in [0.4, 0.5) is 0 Å². The van der Waals surface area contributed by atoms with Gasteiger partial charge in [-0.3, -0.25) is 18.9 Å². The lowest BCUT2D eigenvalue weighted by Crippen LogP contribution is -2.37. The molecule has 0 bridgehead atoms. The number of hydrogen-bond donors (Lipinski definition) is 0. The molecule has 0 amide bonds. The first-order valence-electron chi connectivity index (χ1n) is 21.6. The topological polar surface area (TPSA) is 128 Å². The lowest BCUT2D eigenvalue weighted by atomic mass is 10.1. The Labute approximate surface area is 346 Å². The molecule has 0 heterocycles. The van der Waals surface area contributed by atoms with Gasteiger partial charge in [0.2, 0.25) is 0 Å². The van der Waals surface area contributed by atoms with Gasteiger partial charge in [0, 0.05) is 19.3 Å². The van der Waals surface area contributed by atoms with Crippen LogP contribution < -0.4 is 4.89 Å². The van der Waals surface area contributed by atoms with Crippen molar-refractivity contribution in [3.8, 4) is 0 Å². The fraction of sp³-hybridized carbons (Fsp3) is 0.674. The lowest BCUT2D eigenvalue weighted by Gasteiger charge is -2.28. The minimum atomic E-state index is -4.66. The number of carbonyl (C=O) groups is 3. The Morgan fingerprint density at radius 1 is 0.596 bits per heavy atom. The number of nitrogens with zero attached hydrogens (tertiary/aromatic N) is 1. The molecular formula is C46H78NO9P. The van der Waals surface area contributed by atoms with Crippen molar-refractivity contribution < 1.29 is 46.8 Å². The molecule has 0 radical (unpaired) electrons. The van der Waals surface area contributed by atoms with Crippen LogP contribution in [0.25, 0.3) is 0 Å². The molecule has 0 aliphatic rings. The molecule has 1 unspecified atom stereocenters. The van der Waals surface area contributed by atoms with Crippen LogP contribution in [0, 0.1) is 0 Å². The summed E-state index contributed by atoms with van der Waals surface area (Å²) in [5.74, 6) is -0.800. The number of likely N-dealkylation sites (N-methyl/N-ethyl adjacent to an activating group) is 1. The highest BCUT2D eigenvalue weighted by molar-refractivity contribution is 7.45. The van der Waals surface area contributed by atoms with Crippen LogP contribution in [-0.2, 0) is 37.5 Å². The third kappa shape index (κ3) is 41.1. The molecule has 0 rings (SSSR count). The number of quaternary nitrogens is 1. The Balaban J connectivity index is 4.55. The summed E-state index contributed by atoms with van der Waals surface area (Å²) in [4.78, 5) is 49.2. The van der Waals surface area contributed by atoms with Crippen LogP contribution in [0.2, 0.25) is 0 Å². The number of phosphoric acid groups is 1. The van der Waals surface area contributed by atoms with E-state index in [1.165, 1.54) is 19.3 Å². The summed E-state index contributed by atoms with van der Waals surface area (Å²) in [6, 6.07) is 0. The fourth-order valence-corrected chi connectivity index (χ4v) is 5.94. The van der Waals surface area contributed by atoms with Crippen LogP contribution in [0.15, 0.2) is 72.9 Å². The fourth-order valence-electron chi connectivity index (χ4n) is 5.21. The normalized spacial score (nSPS) is 14.2. The number of carbonyl (C=O) groups excluding carboxylic acids is 3. The van der Waals surface area contributed by atoms with E-state index in [0.29, 0.717) is 36.7 Å². The van der Waals surface area contributed by atoms with Gasteiger partial charge in [-0.05, 0) is 76.7 Å². The summed E-state index contributed by atoms with van der Waals surface area (Å²) >= 11 is 0. The zero-order valence-electron chi connectivity index (χ0n) is 36.3. The Kier molecular flexibility index (Phi) is 35.5. The van der Waals surface area contributed by atoms with Gasteiger partial charge >= 0.3 is 11.9 Å². The highest BCUT2D eigenvalue weighted by Gasteiger charge is 2.21. The molecule has 0 N–H and O–H groups in total. The number of hydrogen-bond acceptors (Lipinski definition) is 9. The molecule has 0 saturated heterocycles. The second-order valence-electron chi connectivity index (χ2n) is 15.4. The standard InChI is InChI=1S/C46H78NO9P/c1-6-8-10-11-12-13-14-15-16-17-18-19-20-23-26-29-33-37-45(49)53-41-44(42-55-57(51,52)54-40-39-47(3,4)5)56-46(50)38-34-30-27-24-21-22-25-28-32-36-43(48)35-31-9-7-2/h12-13,15-16,18-19,23,25-26,28,32,36,44H,6-11,14,17,20-22,24,27,29-31,33-35,37-42H2,1-5H3/b13-12-,16-15-,19-18-,26-23-,28-25-,36-32+/t44-/m1/s1. The quantitative estimate of drug-likeness (QED) is 0.0114. The molecule has 0 spiro atoms. The van der Waals surface area contributed by atoms with Gasteiger partial charge in [-0.15, -0.1) is 0 Å². The number of phosphoric ester groups is 1. The second kappa shape index (κ2) is 37.4. The maximum Gasteiger partial charge on any atom is 0.306 e. The van der Waals surface area contributed by atoms with Gasteiger partial charge in [0.05, 0.1) is 27.7 Å². The van der Waals surface area contributed by atoms with E-state index in [1.54, 1.807) is 6.08 Å². The van der Waals surface area contributed by atoms with Crippen molar-refractivity contribution in [3.63, 3.8) is 0 Å². The first-order chi connectivity index (χ1) is 27.4. The number of ether oxygens (including phenoxy) is 2. The van der Waals surface area contributed by atoms with Gasteiger partial charge in [-0.1, -0.05) is 126 Å². The minimum absolute atomic E-state index is 0.0588. The zero-order valence-corrected chi connectivity index (χ0v) is 37.1. The first kappa shape index (κ1) is 54.1. The lowest BCUT2D eigenvalue weighted by molar-refractivity contribution is -0.870. The first-order valence-corrected chi connectivity index (χ1v) is 23.1. The van der Waals surface area contributed by atoms with Gasteiger partial charge in [0.25, 0.3) is 7.82 Å². The van der Waals surface area contributed by atoms with Crippen LogP contribution >= 0.6 is 7.82 Å². The molecule has 0 saturated carbocycles. The van der Waals surface area contributed by atoms with Crippen LogP contribution in [-0.4, -0.2) is 75.8 Å². The SMILES string of the molecule is CCCCC/C=C\C/C=C\C/C=C\C/C=C\CCCC(=O)OC[C@H](COP(=O)([O-])OCC[N+](C)(C)C)OC(=O)CCCCCCC/C=C\C=C\C(=O)CCCCC. The van der Waals surface area contributed by atoms with E-state index in [9.17, 15) is 23.8 Å². The van der Waals surface area contributed by atoms with Gasteiger partial charge in [-0.25, -0.2) is 0 Å². The summed E-state index contributed by atoms with van der Waals surface area (Å²) in [7, 11) is 1.07. The summed E-state index contributed by atoms with van der Waals surface area (Å²) in [5.41, 5.74) is 0. The number of allylic oxidation sites excluding steroid dienone is 12. The molecule has 326 valence electrons. The van der Waals surface area contributed by atoms with Gasteiger partial charge in [0.15, 0.2) is 11.9 Å². The van der Waals surface area contributed by atoms with E-state index >= 15 is 0 Å². The number of rotatable bonds is 38. The molecule has 0 aliphatic carbocycles. The van der Waals surface area contributed by atoms with Crippen molar-refractivity contribution in [2.45, 2.75) is 155 Å². The Bertz CT molecular complexity index is 1260. The van der Waals surface area contributed by atoms with Crippen molar-refractivity contribution in [2.24, 2.45) is 0 Å². The average molecular weight is 820 g/mol. The predicted octanol–water partition coefficient (Wildman–Crippen LogP) is 10.8. The molecule has 2 atom stereocenters. The molecule has 11 heteroatoms. The molecule has 57 heavy (non-hydrogen) atoms. The number of esters is 2. The molecule has 0 aromatic heterocycles. The van der Waals surface area contributed by atoms with Crippen LogP contribution in [0.1, 0.15) is 149 Å². The summed E-state index contributed by atoms with van der Waals surface area (Å²) in [6.45, 7) is 3.90. The Morgan fingerprint density at radius 2 is 1.12 bits per heavy atom. The Morgan fingerprint density at radius 3 is 1.77 bits per heavy atom. The van der Waals surface area contributed by atoms with E-state index < -0.39 is 32.5 Å². The summed E-state index contributed by atoms with van der Waals surface area (Å²) in [5, 5.41) is 0. The highest BCUT2D eigenvalue weighted by atomic mass is 31.2. The minimum Gasteiger partial charge on any atom is -0.756 e. The van der Waals surface area contributed by atoms with E-state index in [0.717, 1.165) is 77.0 Å². The largest absolute Gasteiger partial charge is 0.756 e. The third-order valence-corrected chi connectivity index (χ3v) is 9.64. The van der Waals surface area contributed by atoms with Crippen LogP contribution in [0.5, 0.6) is 0 Å². The predicted molar refractivity (Wildman–Crippen MR) is 231 cm³/mol. The second-order valence-corrected chi connectivity index (χ2v) is 16.8. The third-order valence-electron chi connectivity index (χ3n) is 8.68. The molecular weight excluding hydrogens is 741 g/mol.